The topological polar surface area (TPSA) is 176 Å². The molecule has 1 aromatic heterocycles. The fraction of sp³-hybridized carbons (Fsp3) is 0.606. The highest BCUT2D eigenvalue weighted by molar-refractivity contribution is 5.86. The second-order valence-electron chi connectivity index (χ2n) is 13.3. The van der Waals surface area contributed by atoms with Crippen LogP contribution in [0.15, 0.2) is 24.4 Å². The van der Waals surface area contributed by atoms with Crippen LogP contribution >= 0.6 is 0 Å². The molecule has 14 nitrogen and oxygen atoms in total. The van der Waals surface area contributed by atoms with Crippen LogP contribution in [0.5, 0.6) is 0 Å². The molecule has 3 atom stereocenters. The van der Waals surface area contributed by atoms with Crippen molar-refractivity contribution in [2.45, 2.75) is 89.1 Å². The number of alkyl halides is 8. The highest BCUT2D eigenvalue weighted by Crippen LogP contribution is 2.56. The number of amides is 4. The lowest BCUT2D eigenvalue weighted by Crippen LogP contribution is -2.64. The summed E-state index contributed by atoms with van der Waals surface area (Å²) in [6.45, 7) is -4.06. The number of aliphatic hydroxyl groups excluding tert-OH is 1. The van der Waals surface area contributed by atoms with Crippen LogP contribution in [0.4, 0.5) is 53.5 Å². The molecule has 320 valence electrons. The maximum absolute atomic E-state index is 15.5. The minimum Gasteiger partial charge on any atom is -0.453 e. The second-order valence-corrected chi connectivity index (χ2v) is 13.3. The molecule has 5 N–H and O–H groups in total. The lowest BCUT2D eigenvalue weighted by atomic mass is 9.56. The van der Waals surface area contributed by atoms with Crippen LogP contribution < -0.4 is 21.4 Å². The fourth-order valence-corrected chi connectivity index (χ4v) is 6.26. The van der Waals surface area contributed by atoms with Gasteiger partial charge in [0.15, 0.2) is 0 Å². The van der Waals surface area contributed by atoms with Gasteiger partial charge in [-0.25, -0.2) is 28.1 Å². The molecular formula is C33H41F10N7O7. The Bertz CT molecular complexity index is 1680. The van der Waals surface area contributed by atoms with E-state index in [1.807, 2.05) is 0 Å². The van der Waals surface area contributed by atoms with E-state index in [1.54, 1.807) is 0 Å². The molecule has 1 saturated carbocycles. The molecular weight excluding hydrogens is 796 g/mol. The van der Waals surface area contributed by atoms with Crippen molar-refractivity contribution in [1.29, 1.82) is 0 Å². The van der Waals surface area contributed by atoms with Crippen LogP contribution in [0.25, 0.3) is 11.3 Å². The Kier molecular flexibility index (Phi) is 15.9. The van der Waals surface area contributed by atoms with Gasteiger partial charge in [0.05, 0.1) is 31.9 Å². The molecule has 0 radical (unpaired) electrons. The summed E-state index contributed by atoms with van der Waals surface area (Å²) >= 11 is 0. The van der Waals surface area contributed by atoms with Crippen LogP contribution in [0.2, 0.25) is 0 Å². The molecule has 1 aromatic carbocycles. The lowest BCUT2D eigenvalue weighted by Gasteiger charge is -2.51. The Labute approximate surface area is 318 Å². The molecule has 2 aromatic rings. The van der Waals surface area contributed by atoms with E-state index in [2.05, 4.69) is 35.9 Å². The summed E-state index contributed by atoms with van der Waals surface area (Å²) in [7, 11) is 1.85. The smallest absolute Gasteiger partial charge is 0.407 e. The third-order valence-corrected chi connectivity index (χ3v) is 9.35. The molecule has 1 heterocycles. The first-order valence-corrected chi connectivity index (χ1v) is 17.2. The largest absolute Gasteiger partial charge is 0.453 e. The summed E-state index contributed by atoms with van der Waals surface area (Å²) in [5.41, 5.74) is -0.525. The first-order chi connectivity index (χ1) is 26.5. The highest BCUT2D eigenvalue weighted by Gasteiger charge is 2.59. The molecule has 1 fully saturated rings. The van der Waals surface area contributed by atoms with Gasteiger partial charge in [0.25, 0.3) is 5.91 Å². The maximum atomic E-state index is 15.5. The SMILES string of the molecule is CCC1([C@H](NC(=O)OC)C(=O)NN(Cc2c(F)cc(-c3ccn(C(F)F)n3)cc2F)C[C@H](O)CNC(=O)[C@H](CCCC(F)(F)F)NC(=O)OC)CC(C(F)(F)F)C1. The summed E-state index contributed by atoms with van der Waals surface area (Å²) in [6.07, 6.45) is -16.2. The van der Waals surface area contributed by atoms with Gasteiger partial charge in [-0.2, -0.15) is 40.2 Å². The number of benzene rings is 1. The number of nitrogens with zero attached hydrogens (tertiary/aromatic N) is 3. The molecule has 24 heteroatoms. The summed E-state index contributed by atoms with van der Waals surface area (Å²) in [5, 5.41) is 21.6. The van der Waals surface area contributed by atoms with Crippen molar-refractivity contribution in [3.05, 3.63) is 41.6 Å². The number of methoxy groups -OCH3 is 2. The molecule has 0 aliphatic heterocycles. The lowest BCUT2D eigenvalue weighted by molar-refractivity contribution is -0.226. The van der Waals surface area contributed by atoms with Crippen molar-refractivity contribution in [2.24, 2.45) is 11.3 Å². The fourth-order valence-electron chi connectivity index (χ4n) is 6.26. The Morgan fingerprint density at radius 2 is 1.60 bits per heavy atom. The second kappa shape index (κ2) is 19.5. The number of hydrogen-bond donors (Lipinski definition) is 5. The van der Waals surface area contributed by atoms with Crippen LogP contribution in [0, 0.1) is 23.0 Å². The Balaban J connectivity index is 1.90. The van der Waals surface area contributed by atoms with Gasteiger partial charge in [0.2, 0.25) is 5.91 Å². The molecule has 0 bridgehead atoms. The number of halogens is 10. The molecule has 1 aliphatic carbocycles. The van der Waals surface area contributed by atoms with E-state index in [9.17, 15) is 59.4 Å². The van der Waals surface area contributed by atoms with E-state index >= 15 is 8.78 Å². The zero-order valence-corrected chi connectivity index (χ0v) is 30.6. The van der Waals surface area contributed by atoms with Crippen molar-refractivity contribution >= 4 is 24.0 Å². The first-order valence-electron chi connectivity index (χ1n) is 17.2. The number of rotatable bonds is 18. The zero-order valence-electron chi connectivity index (χ0n) is 30.6. The number of hydrogen-bond acceptors (Lipinski definition) is 9. The Morgan fingerprint density at radius 3 is 2.11 bits per heavy atom. The molecule has 3 rings (SSSR count). The van der Waals surface area contributed by atoms with Crippen molar-refractivity contribution in [2.75, 3.05) is 27.3 Å². The standard InChI is InChI=1S/C33H41F10N7O7/c1-4-31(12-18(13-31)33(41,42)43)25(46-30(55)57-3)27(53)48-49(16-20-21(34)10-17(11-22(20)35)23-7-9-50(47-23)28(36)37)15-19(51)14-44-26(52)24(45-29(54)56-2)6-5-8-32(38,39)40/h7,9-11,18-19,24-25,28,51H,4-6,8,12-16H2,1-3H3,(H,44,52)(H,45,54)(H,46,55)(H,48,53)/t18?,19-,24+,25-,31?/m1/s1. The summed E-state index contributed by atoms with van der Waals surface area (Å²) < 4.78 is 145. The van der Waals surface area contributed by atoms with Gasteiger partial charge in [-0.1, -0.05) is 6.92 Å². The number of carbonyl (C=O) groups excluding carboxylic acids is 4. The zero-order chi connectivity index (χ0) is 42.9. The van der Waals surface area contributed by atoms with Gasteiger partial charge in [-0.3, -0.25) is 15.0 Å². The van der Waals surface area contributed by atoms with Crippen LogP contribution in [-0.4, -0.2) is 102 Å². The van der Waals surface area contributed by atoms with Gasteiger partial charge >= 0.3 is 31.1 Å². The number of ether oxygens (including phenoxy) is 2. The van der Waals surface area contributed by atoms with E-state index in [0.29, 0.717) is 5.01 Å². The normalized spacial score (nSPS) is 18.6. The molecule has 0 spiro atoms. The minimum absolute atomic E-state index is 0.0634. The number of aromatic nitrogens is 2. The number of alkyl carbamates (subject to hydrolysis) is 2. The van der Waals surface area contributed by atoms with Crippen molar-refractivity contribution in [3.63, 3.8) is 0 Å². The van der Waals surface area contributed by atoms with E-state index in [1.165, 1.54) is 6.92 Å². The van der Waals surface area contributed by atoms with Gasteiger partial charge in [0.1, 0.15) is 23.7 Å². The number of carbonyl (C=O) groups is 4. The molecule has 57 heavy (non-hydrogen) atoms. The predicted octanol–water partition coefficient (Wildman–Crippen LogP) is 5.08. The van der Waals surface area contributed by atoms with Crippen LogP contribution in [0.1, 0.15) is 57.6 Å². The molecule has 4 amide bonds. The third kappa shape index (κ3) is 13.1. The number of nitrogens with one attached hydrogen (secondary N) is 4. The summed E-state index contributed by atoms with van der Waals surface area (Å²) in [6, 6.07) is -0.771. The van der Waals surface area contributed by atoms with Crippen LogP contribution in [-0.2, 0) is 25.6 Å². The van der Waals surface area contributed by atoms with Gasteiger partial charge in [-0.05, 0) is 50.3 Å². The summed E-state index contributed by atoms with van der Waals surface area (Å²) in [4.78, 5) is 50.7. The highest BCUT2D eigenvalue weighted by atomic mass is 19.4. The van der Waals surface area contributed by atoms with E-state index in [-0.39, 0.29) is 22.4 Å². The predicted molar refractivity (Wildman–Crippen MR) is 176 cm³/mol. The molecule has 0 unspecified atom stereocenters. The molecule has 1 aliphatic rings. The van der Waals surface area contributed by atoms with Gasteiger partial charge in [0, 0.05) is 48.8 Å². The number of hydrazine groups is 1. The van der Waals surface area contributed by atoms with E-state index in [4.69, 9.17) is 0 Å². The summed E-state index contributed by atoms with van der Waals surface area (Å²) in [5.74, 6) is -6.68. The third-order valence-electron chi connectivity index (χ3n) is 9.35. The van der Waals surface area contributed by atoms with Gasteiger partial charge in [-0.15, -0.1) is 0 Å². The van der Waals surface area contributed by atoms with Crippen molar-refractivity contribution < 1.29 is 77.7 Å². The number of aliphatic hydroxyl groups is 1. The maximum Gasteiger partial charge on any atom is 0.407 e. The quantitative estimate of drug-likeness (QED) is 0.101. The monoisotopic (exact) mass is 837 g/mol. The Morgan fingerprint density at radius 1 is 1.00 bits per heavy atom. The average molecular weight is 838 g/mol. The molecule has 0 saturated heterocycles. The van der Waals surface area contributed by atoms with Crippen molar-refractivity contribution in [3.8, 4) is 11.3 Å². The Hall–Kier alpha value is -4.87. The first kappa shape index (κ1) is 46.5. The average Bonchev–Trinajstić information content (AvgIpc) is 3.60. The van der Waals surface area contributed by atoms with Gasteiger partial charge < -0.3 is 30.5 Å². The van der Waals surface area contributed by atoms with E-state index in [0.717, 1.165) is 38.6 Å². The van der Waals surface area contributed by atoms with Crippen molar-refractivity contribution in [1.82, 2.24) is 36.2 Å². The van der Waals surface area contributed by atoms with E-state index < -0.39 is 141 Å². The van der Waals surface area contributed by atoms with Crippen LogP contribution in [0.3, 0.4) is 0 Å². The minimum atomic E-state index is -4.63.